The molecule has 0 aliphatic rings. The summed E-state index contributed by atoms with van der Waals surface area (Å²) in [7, 11) is 0. The SMILES string of the molecule is Cc1ccc(C(C)NCc2ccc(F)c(F)c2)s1. The molecule has 0 fully saturated rings. The molecular weight excluding hydrogens is 252 g/mol. The van der Waals surface area contributed by atoms with E-state index in [-0.39, 0.29) is 6.04 Å². The molecule has 2 rings (SSSR count). The topological polar surface area (TPSA) is 12.0 Å². The van der Waals surface area contributed by atoms with Crippen LogP contribution in [0.1, 0.15) is 28.3 Å². The van der Waals surface area contributed by atoms with E-state index in [1.54, 1.807) is 17.4 Å². The summed E-state index contributed by atoms with van der Waals surface area (Å²) < 4.78 is 25.8. The molecule has 1 atom stereocenters. The van der Waals surface area contributed by atoms with Gasteiger partial charge in [-0.05, 0) is 43.7 Å². The van der Waals surface area contributed by atoms with E-state index in [9.17, 15) is 8.78 Å². The molecule has 0 saturated carbocycles. The monoisotopic (exact) mass is 267 g/mol. The Kier molecular flexibility index (Phi) is 4.09. The Morgan fingerprint density at radius 1 is 1.17 bits per heavy atom. The molecule has 96 valence electrons. The zero-order chi connectivity index (χ0) is 13.1. The molecule has 0 saturated heterocycles. The summed E-state index contributed by atoms with van der Waals surface area (Å²) in [5.74, 6) is -1.60. The molecule has 18 heavy (non-hydrogen) atoms. The van der Waals surface area contributed by atoms with Crippen LogP contribution in [0.5, 0.6) is 0 Å². The van der Waals surface area contributed by atoms with Crippen LogP contribution in [-0.2, 0) is 6.54 Å². The zero-order valence-electron chi connectivity index (χ0n) is 10.3. The van der Waals surface area contributed by atoms with Crippen molar-refractivity contribution in [1.29, 1.82) is 0 Å². The second kappa shape index (κ2) is 5.59. The third-order valence-corrected chi connectivity index (χ3v) is 3.97. The van der Waals surface area contributed by atoms with E-state index >= 15 is 0 Å². The Bertz CT molecular complexity index is 536. The lowest BCUT2D eigenvalue weighted by molar-refractivity contribution is 0.504. The smallest absolute Gasteiger partial charge is 0.159 e. The van der Waals surface area contributed by atoms with E-state index in [0.717, 1.165) is 11.6 Å². The standard InChI is InChI=1S/C14H15F2NS/c1-9-3-6-14(18-9)10(2)17-8-11-4-5-12(15)13(16)7-11/h3-7,10,17H,8H2,1-2H3. The quantitative estimate of drug-likeness (QED) is 0.876. The average molecular weight is 267 g/mol. The average Bonchev–Trinajstić information content (AvgIpc) is 2.77. The summed E-state index contributed by atoms with van der Waals surface area (Å²) in [5, 5.41) is 3.30. The summed E-state index contributed by atoms with van der Waals surface area (Å²) in [4.78, 5) is 2.52. The lowest BCUT2D eigenvalue weighted by Crippen LogP contribution is -2.17. The molecule has 1 aromatic carbocycles. The lowest BCUT2D eigenvalue weighted by Gasteiger charge is -2.12. The van der Waals surface area contributed by atoms with Crippen LogP contribution < -0.4 is 5.32 Å². The number of hydrogen-bond acceptors (Lipinski definition) is 2. The Morgan fingerprint density at radius 3 is 2.56 bits per heavy atom. The van der Waals surface area contributed by atoms with Crippen molar-refractivity contribution >= 4 is 11.3 Å². The molecule has 1 nitrogen and oxygen atoms in total. The third-order valence-electron chi connectivity index (χ3n) is 2.78. The van der Waals surface area contributed by atoms with E-state index in [1.807, 2.05) is 0 Å². The van der Waals surface area contributed by atoms with E-state index in [4.69, 9.17) is 0 Å². The van der Waals surface area contributed by atoms with Gasteiger partial charge < -0.3 is 5.32 Å². The Balaban J connectivity index is 1.97. The second-order valence-corrected chi connectivity index (χ2v) is 5.62. The van der Waals surface area contributed by atoms with Gasteiger partial charge in [0.1, 0.15) is 0 Å². The van der Waals surface area contributed by atoms with Crippen LogP contribution in [0.25, 0.3) is 0 Å². The summed E-state index contributed by atoms with van der Waals surface area (Å²) >= 11 is 1.74. The lowest BCUT2D eigenvalue weighted by atomic mass is 10.2. The predicted molar refractivity (Wildman–Crippen MR) is 70.7 cm³/mol. The first-order chi connectivity index (χ1) is 8.56. The number of halogens is 2. The van der Waals surface area contributed by atoms with Gasteiger partial charge in [0, 0.05) is 22.3 Å². The van der Waals surface area contributed by atoms with Gasteiger partial charge in [-0.2, -0.15) is 0 Å². The van der Waals surface area contributed by atoms with Crippen LogP contribution in [0.4, 0.5) is 8.78 Å². The minimum absolute atomic E-state index is 0.205. The molecule has 1 unspecified atom stereocenters. The van der Waals surface area contributed by atoms with Gasteiger partial charge in [-0.15, -0.1) is 11.3 Å². The van der Waals surface area contributed by atoms with Crippen molar-refractivity contribution in [3.8, 4) is 0 Å². The highest BCUT2D eigenvalue weighted by molar-refractivity contribution is 7.12. The van der Waals surface area contributed by atoms with Crippen molar-refractivity contribution < 1.29 is 8.78 Å². The van der Waals surface area contributed by atoms with Gasteiger partial charge in [-0.3, -0.25) is 0 Å². The summed E-state index contributed by atoms with van der Waals surface area (Å²) in [6.45, 7) is 4.65. The number of rotatable bonds is 4. The number of hydrogen-bond donors (Lipinski definition) is 1. The minimum Gasteiger partial charge on any atom is -0.305 e. The van der Waals surface area contributed by atoms with Gasteiger partial charge >= 0.3 is 0 Å². The maximum Gasteiger partial charge on any atom is 0.159 e. The Morgan fingerprint density at radius 2 is 1.94 bits per heavy atom. The zero-order valence-corrected chi connectivity index (χ0v) is 11.2. The molecule has 0 aliphatic heterocycles. The largest absolute Gasteiger partial charge is 0.305 e. The maximum atomic E-state index is 13.0. The Hall–Kier alpha value is -1.26. The van der Waals surface area contributed by atoms with Crippen molar-refractivity contribution in [3.05, 3.63) is 57.3 Å². The fourth-order valence-corrected chi connectivity index (χ4v) is 2.61. The van der Waals surface area contributed by atoms with Crippen molar-refractivity contribution in [1.82, 2.24) is 5.32 Å². The van der Waals surface area contributed by atoms with Crippen LogP contribution >= 0.6 is 11.3 Å². The van der Waals surface area contributed by atoms with Crippen LogP contribution in [0.15, 0.2) is 30.3 Å². The van der Waals surface area contributed by atoms with Crippen LogP contribution in [0, 0.1) is 18.6 Å². The van der Waals surface area contributed by atoms with Crippen LogP contribution in [0.3, 0.4) is 0 Å². The molecule has 2 aromatic rings. The number of aryl methyl sites for hydroxylation is 1. The molecular formula is C14H15F2NS. The number of benzene rings is 1. The van der Waals surface area contributed by atoms with Gasteiger partial charge in [0.25, 0.3) is 0 Å². The molecule has 0 amide bonds. The fraction of sp³-hybridized carbons (Fsp3) is 0.286. The molecule has 0 spiro atoms. The molecule has 0 aliphatic carbocycles. The number of nitrogens with one attached hydrogen (secondary N) is 1. The van der Waals surface area contributed by atoms with E-state index in [2.05, 4.69) is 31.3 Å². The predicted octanol–water partition coefficient (Wildman–Crippen LogP) is 4.19. The highest BCUT2D eigenvalue weighted by Crippen LogP contribution is 2.22. The van der Waals surface area contributed by atoms with Crippen molar-refractivity contribution in [2.75, 3.05) is 0 Å². The van der Waals surface area contributed by atoms with Gasteiger partial charge in [0.05, 0.1) is 0 Å². The third kappa shape index (κ3) is 3.15. The molecule has 1 N–H and O–H groups in total. The fourth-order valence-electron chi connectivity index (χ4n) is 1.71. The highest BCUT2D eigenvalue weighted by Gasteiger charge is 2.08. The first kappa shape index (κ1) is 13.2. The van der Waals surface area contributed by atoms with Crippen molar-refractivity contribution in [2.24, 2.45) is 0 Å². The molecule has 4 heteroatoms. The van der Waals surface area contributed by atoms with Gasteiger partial charge in [-0.25, -0.2) is 8.78 Å². The van der Waals surface area contributed by atoms with Crippen LogP contribution in [-0.4, -0.2) is 0 Å². The van der Waals surface area contributed by atoms with Gasteiger partial charge in [-0.1, -0.05) is 6.07 Å². The van der Waals surface area contributed by atoms with Crippen molar-refractivity contribution in [2.45, 2.75) is 26.4 Å². The van der Waals surface area contributed by atoms with Gasteiger partial charge in [0.2, 0.25) is 0 Å². The minimum atomic E-state index is -0.805. The van der Waals surface area contributed by atoms with Crippen LogP contribution in [0.2, 0.25) is 0 Å². The summed E-state index contributed by atoms with van der Waals surface area (Å²) in [5.41, 5.74) is 0.744. The molecule has 0 bridgehead atoms. The number of thiophene rings is 1. The summed E-state index contributed by atoms with van der Waals surface area (Å²) in [6, 6.07) is 8.36. The highest BCUT2D eigenvalue weighted by atomic mass is 32.1. The van der Waals surface area contributed by atoms with Gasteiger partial charge in [0.15, 0.2) is 11.6 Å². The first-order valence-electron chi connectivity index (χ1n) is 5.80. The van der Waals surface area contributed by atoms with E-state index in [1.165, 1.54) is 15.8 Å². The summed E-state index contributed by atoms with van der Waals surface area (Å²) in [6.07, 6.45) is 0. The normalized spacial score (nSPS) is 12.7. The molecule has 1 heterocycles. The maximum absolute atomic E-state index is 13.0. The second-order valence-electron chi connectivity index (χ2n) is 4.30. The van der Waals surface area contributed by atoms with E-state index < -0.39 is 11.6 Å². The Labute approximate surface area is 109 Å². The van der Waals surface area contributed by atoms with Crippen molar-refractivity contribution in [3.63, 3.8) is 0 Å². The molecule has 1 aromatic heterocycles. The molecule has 0 radical (unpaired) electrons. The first-order valence-corrected chi connectivity index (χ1v) is 6.61. The van der Waals surface area contributed by atoms with E-state index in [0.29, 0.717) is 6.54 Å².